The van der Waals surface area contributed by atoms with Gasteiger partial charge in [-0.1, -0.05) is 6.92 Å². The molecule has 0 bridgehead atoms. The molecule has 0 spiro atoms. The van der Waals surface area contributed by atoms with Crippen LogP contribution in [-0.4, -0.2) is 25.9 Å². The highest BCUT2D eigenvalue weighted by atomic mass is 32.1. The SMILES string of the molecule is CCc1cc(=O)n2cc(N3C(=S)N(c4ccc(C#N)c(C(C)(F)F)c4)C(=O)C3(C)C)cc(F)c2n1. The molecule has 7 nitrogen and oxygen atoms in total. The van der Waals surface area contributed by atoms with Gasteiger partial charge in [0.15, 0.2) is 16.6 Å². The van der Waals surface area contributed by atoms with Crippen LogP contribution in [0.25, 0.3) is 5.65 Å². The van der Waals surface area contributed by atoms with Gasteiger partial charge in [-0.3, -0.25) is 18.9 Å². The lowest BCUT2D eigenvalue weighted by Gasteiger charge is -2.29. The van der Waals surface area contributed by atoms with E-state index in [-0.39, 0.29) is 27.7 Å². The molecule has 0 radical (unpaired) electrons. The number of hydrogen-bond acceptors (Lipinski definition) is 5. The molecule has 0 atom stereocenters. The molecule has 3 aromatic rings. The van der Waals surface area contributed by atoms with E-state index < -0.39 is 34.3 Å². The van der Waals surface area contributed by atoms with Gasteiger partial charge in [-0.25, -0.2) is 18.2 Å². The minimum absolute atomic E-state index is 0.0405. The highest BCUT2D eigenvalue weighted by Gasteiger charge is 2.51. The van der Waals surface area contributed by atoms with E-state index in [1.54, 1.807) is 26.8 Å². The van der Waals surface area contributed by atoms with Crippen LogP contribution in [0.2, 0.25) is 0 Å². The predicted molar refractivity (Wildman–Crippen MR) is 128 cm³/mol. The van der Waals surface area contributed by atoms with E-state index in [2.05, 4.69) is 4.98 Å². The van der Waals surface area contributed by atoms with E-state index in [4.69, 9.17) is 12.2 Å². The van der Waals surface area contributed by atoms with E-state index in [0.29, 0.717) is 19.0 Å². The van der Waals surface area contributed by atoms with Crippen LogP contribution >= 0.6 is 12.2 Å². The summed E-state index contributed by atoms with van der Waals surface area (Å²) < 4.78 is 44.4. The first kappa shape index (κ1) is 24.3. The lowest BCUT2D eigenvalue weighted by Crippen LogP contribution is -2.44. The van der Waals surface area contributed by atoms with Gasteiger partial charge in [0.2, 0.25) is 0 Å². The van der Waals surface area contributed by atoms with Crippen LogP contribution in [0.5, 0.6) is 0 Å². The summed E-state index contributed by atoms with van der Waals surface area (Å²) in [5.74, 6) is -4.68. The maximum absolute atomic E-state index is 15.1. The molecule has 1 amide bonds. The zero-order chi connectivity index (χ0) is 25.9. The maximum Gasteiger partial charge on any atom is 0.271 e. The van der Waals surface area contributed by atoms with Crippen molar-refractivity contribution in [2.45, 2.75) is 45.6 Å². The van der Waals surface area contributed by atoms with Crippen LogP contribution in [0.4, 0.5) is 24.5 Å². The van der Waals surface area contributed by atoms with Crippen LogP contribution in [-0.2, 0) is 17.1 Å². The number of nitrogens with zero attached hydrogens (tertiary/aromatic N) is 5. The van der Waals surface area contributed by atoms with Gasteiger partial charge in [-0.2, -0.15) is 5.26 Å². The standard InChI is InChI=1S/C24H20F3N5O2S/c1-5-14-8-19(33)30-12-16(10-18(25)20(30)29-14)32-22(35)31(21(34)23(32,2)3)15-7-6-13(11-28)17(9-15)24(4,26)27/h6-10,12H,5H2,1-4H3. The number of alkyl halides is 2. The Morgan fingerprint density at radius 1 is 1.17 bits per heavy atom. The summed E-state index contributed by atoms with van der Waals surface area (Å²) in [7, 11) is 0. The molecule has 1 aliphatic rings. The van der Waals surface area contributed by atoms with Crippen molar-refractivity contribution in [2.75, 3.05) is 9.80 Å². The number of halogens is 3. The van der Waals surface area contributed by atoms with Crippen molar-refractivity contribution in [3.8, 4) is 6.07 Å². The number of carbonyl (C=O) groups excluding carboxylic acids is 1. The van der Waals surface area contributed by atoms with E-state index >= 15 is 4.39 Å². The number of nitriles is 1. The molecular weight excluding hydrogens is 479 g/mol. The van der Waals surface area contributed by atoms with E-state index in [9.17, 15) is 23.6 Å². The average Bonchev–Trinajstić information content (AvgIpc) is 2.96. The Morgan fingerprint density at radius 2 is 1.86 bits per heavy atom. The zero-order valence-corrected chi connectivity index (χ0v) is 20.1. The van der Waals surface area contributed by atoms with Crippen molar-refractivity contribution in [3.05, 3.63) is 69.5 Å². The number of benzene rings is 1. The molecule has 180 valence electrons. The molecule has 1 fully saturated rings. The van der Waals surface area contributed by atoms with Crippen LogP contribution in [0.1, 0.15) is 44.5 Å². The Labute approximate surface area is 204 Å². The van der Waals surface area contributed by atoms with Gasteiger partial charge in [0, 0.05) is 36.5 Å². The van der Waals surface area contributed by atoms with E-state index in [0.717, 1.165) is 21.4 Å². The molecule has 2 aromatic heterocycles. The quantitative estimate of drug-likeness (QED) is 0.498. The third-order valence-electron chi connectivity index (χ3n) is 5.90. The van der Waals surface area contributed by atoms with Crippen molar-refractivity contribution < 1.29 is 18.0 Å². The van der Waals surface area contributed by atoms with Gasteiger partial charge in [0.25, 0.3) is 17.4 Å². The third-order valence-corrected chi connectivity index (χ3v) is 6.26. The highest BCUT2D eigenvalue weighted by Crippen LogP contribution is 2.39. The normalized spacial score (nSPS) is 15.7. The molecule has 4 rings (SSSR count). The monoisotopic (exact) mass is 499 g/mol. The van der Waals surface area contributed by atoms with Gasteiger partial charge in [-0.15, -0.1) is 0 Å². The second-order valence-corrected chi connectivity index (χ2v) is 9.09. The molecule has 35 heavy (non-hydrogen) atoms. The van der Waals surface area contributed by atoms with Crippen LogP contribution < -0.4 is 15.4 Å². The number of aryl methyl sites for hydroxylation is 1. The number of thiocarbonyl (C=S) groups is 1. The predicted octanol–water partition coefficient (Wildman–Crippen LogP) is 4.30. The Morgan fingerprint density at radius 3 is 2.46 bits per heavy atom. The first-order valence-corrected chi connectivity index (χ1v) is 11.0. The van der Waals surface area contributed by atoms with Crippen molar-refractivity contribution >= 4 is 40.3 Å². The van der Waals surface area contributed by atoms with E-state index in [1.165, 1.54) is 29.3 Å². The lowest BCUT2D eigenvalue weighted by molar-refractivity contribution is -0.120. The van der Waals surface area contributed by atoms with Crippen molar-refractivity contribution in [2.24, 2.45) is 0 Å². The largest absolute Gasteiger partial charge is 0.302 e. The molecule has 0 aliphatic carbocycles. The first-order valence-electron chi connectivity index (χ1n) is 10.6. The van der Waals surface area contributed by atoms with Crippen LogP contribution in [0.3, 0.4) is 0 Å². The lowest BCUT2D eigenvalue weighted by atomic mass is 10.0. The fourth-order valence-corrected chi connectivity index (χ4v) is 4.61. The second kappa shape index (κ2) is 8.16. The Bertz CT molecular complexity index is 1500. The smallest absolute Gasteiger partial charge is 0.271 e. The van der Waals surface area contributed by atoms with Crippen molar-refractivity contribution in [1.29, 1.82) is 5.26 Å². The molecule has 0 unspecified atom stereocenters. The molecule has 0 saturated carbocycles. The second-order valence-electron chi connectivity index (χ2n) is 8.73. The topological polar surface area (TPSA) is 81.7 Å². The van der Waals surface area contributed by atoms with Gasteiger partial charge in [-0.05, 0) is 50.7 Å². The summed E-state index contributed by atoms with van der Waals surface area (Å²) in [5, 5.41) is 9.12. The molecule has 3 heterocycles. The van der Waals surface area contributed by atoms with Gasteiger partial charge < -0.3 is 4.90 Å². The molecule has 1 aromatic carbocycles. The van der Waals surface area contributed by atoms with Crippen LogP contribution in [0.15, 0.2) is 41.3 Å². The zero-order valence-electron chi connectivity index (χ0n) is 19.3. The van der Waals surface area contributed by atoms with Gasteiger partial charge in [0.1, 0.15) is 5.54 Å². The van der Waals surface area contributed by atoms with Crippen molar-refractivity contribution in [3.63, 3.8) is 0 Å². The van der Waals surface area contributed by atoms with E-state index in [1.807, 2.05) is 0 Å². The maximum atomic E-state index is 15.1. The molecule has 0 N–H and O–H groups in total. The number of fused-ring (bicyclic) bond motifs is 1. The summed E-state index contributed by atoms with van der Waals surface area (Å²) in [5.41, 5.74) is -2.20. The van der Waals surface area contributed by atoms with Gasteiger partial charge in [0.05, 0.1) is 23.0 Å². The van der Waals surface area contributed by atoms with Gasteiger partial charge >= 0.3 is 0 Å². The van der Waals surface area contributed by atoms with Crippen LogP contribution in [0, 0.1) is 17.1 Å². The number of aromatic nitrogens is 2. The number of carbonyl (C=O) groups is 1. The Hall–Kier alpha value is -3.78. The summed E-state index contributed by atoms with van der Waals surface area (Å²) >= 11 is 5.54. The summed E-state index contributed by atoms with van der Waals surface area (Å²) in [6.45, 7) is 5.54. The average molecular weight is 500 g/mol. The summed E-state index contributed by atoms with van der Waals surface area (Å²) in [6.07, 6.45) is 1.78. The number of amides is 1. The molecular formula is C24H20F3N5O2S. The summed E-state index contributed by atoms with van der Waals surface area (Å²) in [4.78, 5) is 32.6. The highest BCUT2D eigenvalue weighted by molar-refractivity contribution is 7.81. The van der Waals surface area contributed by atoms with Crippen molar-refractivity contribution in [1.82, 2.24) is 9.38 Å². The third kappa shape index (κ3) is 3.83. The molecule has 1 saturated heterocycles. The number of anilines is 2. The fourth-order valence-electron chi connectivity index (χ4n) is 4.09. The number of pyridine rings is 1. The molecule has 1 aliphatic heterocycles. The first-order chi connectivity index (χ1) is 16.3. The summed E-state index contributed by atoms with van der Waals surface area (Å²) in [6, 6.07) is 7.73. The minimum Gasteiger partial charge on any atom is -0.302 e. The molecule has 11 heteroatoms. The Balaban J connectivity index is 1.87. The Kier molecular flexibility index (Phi) is 5.68. The number of hydrogen-bond donors (Lipinski definition) is 0. The minimum atomic E-state index is -3.34. The fraction of sp³-hybridized carbons (Fsp3) is 0.292. The number of rotatable bonds is 4.